The predicted octanol–water partition coefficient (Wildman–Crippen LogP) is 7.54. The van der Waals surface area contributed by atoms with Gasteiger partial charge < -0.3 is 43.7 Å². The maximum absolute atomic E-state index is 13.4. The van der Waals surface area contributed by atoms with Gasteiger partial charge in [0.15, 0.2) is 12.4 Å². The molecule has 15 heteroatoms. The molecule has 2 unspecified atom stereocenters. The van der Waals surface area contributed by atoms with E-state index in [1.807, 2.05) is 14.1 Å². The van der Waals surface area contributed by atoms with Crippen LogP contribution in [0, 0.1) is 35.5 Å². The fourth-order valence-corrected chi connectivity index (χ4v) is 9.44. The molecule has 3 saturated carbocycles. The topological polar surface area (TPSA) is 178 Å². The summed E-state index contributed by atoms with van der Waals surface area (Å²) in [6, 6.07) is 0. The summed E-state index contributed by atoms with van der Waals surface area (Å²) in [7, 11) is 3.95. The van der Waals surface area contributed by atoms with Gasteiger partial charge in [0.25, 0.3) is 5.24 Å². The first-order chi connectivity index (χ1) is 29.7. The highest BCUT2D eigenvalue weighted by molar-refractivity contribution is 8.13. The summed E-state index contributed by atoms with van der Waals surface area (Å²) < 4.78 is 27.9. The van der Waals surface area contributed by atoms with Crippen molar-refractivity contribution < 1.29 is 57.9 Å². The van der Waals surface area contributed by atoms with E-state index in [9.17, 15) is 34.2 Å². The number of hydrogen-bond donors (Lipinski definition) is 2. The quantitative estimate of drug-likeness (QED) is 0.0341. The zero-order valence-electron chi connectivity index (χ0n) is 38.8. The Balaban J connectivity index is 1.48. The van der Waals surface area contributed by atoms with Crippen molar-refractivity contribution in [2.75, 3.05) is 65.9 Å². The van der Waals surface area contributed by atoms with Crippen molar-refractivity contribution in [2.45, 2.75) is 168 Å². The molecule has 0 radical (unpaired) electrons. The number of aliphatic hydroxyl groups is 2. The van der Waals surface area contributed by atoms with Crippen LogP contribution in [0.15, 0.2) is 0 Å². The summed E-state index contributed by atoms with van der Waals surface area (Å²) >= 11 is 1.21. The molecule has 1 amide bonds. The van der Waals surface area contributed by atoms with E-state index in [-0.39, 0.29) is 74.2 Å². The van der Waals surface area contributed by atoms with Crippen LogP contribution in [0.4, 0.5) is 4.79 Å². The number of rotatable bonds is 28. The van der Waals surface area contributed by atoms with Crippen molar-refractivity contribution in [1.29, 1.82) is 0 Å². The molecule has 0 saturated heterocycles. The van der Waals surface area contributed by atoms with Crippen LogP contribution in [-0.4, -0.2) is 134 Å². The second-order valence-corrected chi connectivity index (χ2v) is 20.1. The summed E-state index contributed by atoms with van der Waals surface area (Å²) in [6.07, 6.45) is 12.1. The largest absolute Gasteiger partial charge is 0.463 e. The Bertz CT molecular complexity index is 1260. The molecule has 0 heterocycles. The summed E-state index contributed by atoms with van der Waals surface area (Å²) in [5.74, 6) is 1.91. The van der Waals surface area contributed by atoms with E-state index in [1.54, 1.807) is 4.90 Å². The normalized spacial score (nSPS) is 24.4. The van der Waals surface area contributed by atoms with Gasteiger partial charge >= 0.3 is 23.9 Å². The zero-order valence-corrected chi connectivity index (χ0v) is 39.6. The monoisotopic (exact) mass is 899 g/mol. The molecule has 0 bridgehead atoms. The van der Waals surface area contributed by atoms with E-state index < -0.39 is 31.1 Å². The van der Waals surface area contributed by atoms with E-state index in [1.165, 1.54) is 11.8 Å². The number of thioether (sulfide) groups is 1. The van der Waals surface area contributed by atoms with Crippen molar-refractivity contribution in [3.05, 3.63) is 0 Å². The first-order valence-corrected chi connectivity index (χ1v) is 24.8. The molecule has 3 aliphatic carbocycles. The molecule has 3 rings (SSSR count). The van der Waals surface area contributed by atoms with Crippen LogP contribution in [0.1, 0.15) is 149 Å². The minimum absolute atomic E-state index is 0.0174. The van der Waals surface area contributed by atoms with Gasteiger partial charge in [-0.15, -0.1) is 0 Å². The number of amides is 1. The van der Waals surface area contributed by atoms with Gasteiger partial charge in [0.05, 0.1) is 6.61 Å². The standard InChI is InChI=1S/C47H82N2O12S/c1-34-11-17-37(18-12-34)27-44(53)57-31-40(30-50)60-42(51)9-6-24-49(47(56)62-26-8-23-48(4)5)25-7-10-43(52)61-41(32-58-45(54)28-38-19-13-35(2)14-20-38)33-59-46(55)29-39-21-15-36(3)16-22-39/h34-42,50-51H,6-33H2,1-5H3. The lowest BCUT2D eigenvalue weighted by Gasteiger charge is -2.26. The molecule has 0 aromatic heterocycles. The van der Waals surface area contributed by atoms with E-state index in [2.05, 4.69) is 25.7 Å². The minimum atomic E-state index is -1.25. The molecule has 2 atom stereocenters. The summed E-state index contributed by atoms with van der Waals surface area (Å²) in [4.78, 5) is 68.3. The molecular formula is C47H82N2O12S. The number of carbonyl (C=O) groups is 5. The van der Waals surface area contributed by atoms with Gasteiger partial charge in [-0.05, 0) is 120 Å². The van der Waals surface area contributed by atoms with Gasteiger partial charge in [-0.25, -0.2) is 0 Å². The number of aliphatic hydroxyl groups excluding tert-OH is 2. The van der Waals surface area contributed by atoms with Gasteiger partial charge in [-0.3, -0.25) is 24.0 Å². The molecule has 3 aliphatic rings. The van der Waals surface area contributed by atoms with Crippen LogP contribution < -0.4 is 0 Å². The van der Waals surface area contributed by atoms with Crippen LogP contribution in [0.25, 0.3) is 0 Å². The summed E-state index contributed by atoms with van der Waals surface area (Å²) in [6.45, 7) is 7.06. The first-order valence-electron chi connectivity index (χ1n) is 23.9. The number of ether oxygens (including phenoxy) is 5. The third-order valence-electron chi connectivity index (χ3n) is 12.8. The Morgan fingerprint density at radius 2 is 1.03 bits per heavy atom. The number of esters is 4. The molecule has 14 nitrogen and oxygen atoms in total. The third kappa shape index (κ3) is 24.0. The molecule has 2 N–H and O–H groups in total. The molecule has 358 valence electrons. The Morgan fingerprint density at radius 1 is 0.597 bits per heavy atom. The summed E-state index contributed by atoms with van der Waals surface area (Å²) in [5, 5.41) is 20.3. The van der Waals surface area contributed by atoms with Gasteiger partial charge in [-0.2, -0.15) is 0 Å². The van der Waals surface area contributed by atoms with Crippen LogP contribution in [0.5, 0.6) is 0 Å². The van der Waals surface area contributed by atoms with Crippen molar-refractivity contribution in [3.63, 3.8) is 0 Å². The average molecular weight is 899 g/mol. The van der Waals surface area contributed by atoms with Gasteiger partial charge in [0.2, 0.25) is 0 Å². The van der Waals surface area contributed by atoms with Crippen molar-refractivity contribution in [2.24, 2.45) is 35.5 Å². The van der Waals surface area contributed by atoms with Crippen LogP contribution in [-0.2, 0) is 42.9 Å². The maximum Gasteiger partial charge on any atom is 0.306 e. The predicted molar refractivity (Wildman–Crippen MR) is 239 cm³/mol. The van der Waals surface area contributed by atoms with Crippen LogP contribution in [0.3, 0.4) is 0 Å². The number of carbonyl (C=O) groups excluding carboxylic acids is 5. The average Bonchev–Trinajstić information content (AvgIpc) is 3.23. The Morgan fingerprint density at radius 3 is 1.47 bits per heavy atom. The van der Waals surface area contributed by atoms with Crippen molar-refractivity contribution in [3.8, 4) is 0 Å². The highest BCUT2D eigenvalue weighted by Crippen LogP contribution is 2.32. The minimum Gasteiger partial charge on any atom is -0.463 e. The second-order valence-electron chi connectivity index (χ2n) is 19.1. The Labute approximate surface area is 376 Å². The smallest absolute Gasteiger partial charge is 0.306 e. The van der Waals surface area contributed by atoms with Crippen molar-refractivity contribution in [1.82, 2.24) is 9.80 Å². The van der Waals surface area contributed by atoms with Gasteiger partial charge in [0.1, 0.15) is 25.9 Å². The lowest BCUT2D eigenvalue weighted by molar-refractivity contribution is -0.175. The molecule has 62 heavy (non-hydrogen) atoms. The van der Waals surface area contributed by atoms with E-state index >= 15 is 0 Å². The van der Waals surface area contributed by atoms with Gasteiger partial charge in [0, 0.05) is 44.5 Å². The highest BCUT2D eigenvalue weighted by Gasteiger charge is 2.27. The second kappa shape index (κ2) is 30.6. The fraction of sp³-hybridized carbons (Fsp3) is 0.894. The SMILES string of the molecule is CC1CCC(CC(=O)OCC(COC(=O)CC2CCC(C)CC2)OC(=O)CCCN(CCCC(O)OC(CO)COC(=O)CC2CCC(C)CC2)C(=O)SCCCN(C)C)CC1. The molecule has 0 aromatic rings. The molecule has 0 spiro atoms. The van der Waals surface area contributed by atoms with Crippen LogP contribution in [0.2, 0.25) is 0 Å². The maximum atomic E-state index is 13.4. The molecule has 3 fully saturated rings. The zero-order chi connectivity index (χ0) is 45.3. The summed E-state index contributed by atoms with van der Waals surface area (Å²) in [5.41, 5.74) is 0. The Kier molecular flexibility index (Phi) is 26.6. The number of nitrogens with zero attached hydrogens (tertiary/aromatic N) is 2. The third-order valence-corrected chi connectivity index (χ3v) is 13.8. The van der Waals surface area contributed by atoms with Crippen molar-refractivity contribution >= 4 is 40.9 Å². The van der Waals surface area contributed by atoms with Gasteiger partial charge in [-0.1, -0.05) is 71.1 Å². The van der Waals surface area contributed by atoms with E-state index in [4.69, 9.17) is 23.7 Å². The lowest BCUT2D eigenvalue weighted by atomic mass is 9.81. The number of hydrogen-bond acceptors (Lipinski definition) is 14. The lowest BCUT2D eigenvalue weighted by Crippen LogP contribution is -2.34. The highest BCUT2D eigenvalue weighted by atomic mass is 32.2. The van der Waals surface area contributed by atoms with E-state index in [0.717, 1.165) is 90.0 Å². The molecule has 0 aliphatic heterocycles. The van der Waals surface area contributed by atoms with E-state index in [0.29, 0.717) is 68.1 Å². The molecular weight excluding hydrogens is 817 g/mol. The molecule has 0 aromatic carbocycles. The fourth-order valence-electron chi connectivity index (χ4n) is 8.62. The Hall–Kier alpha value is -2.46. The first kappa shape index (κ1) is 53.9. The van der Waals surface area contributed by atoms with Crippen LogP contribution >= 0.6 is 11.8 Å².